The molecule has 0 saturated heterocycles. The second-order valence-electron chi connectivity index (χ2n) is 8.39. The van der Waals surface area contributed by atoms with Gasteiger partial charge >= 0.3 is 5.97 Å². The SMILES string of the molecule is CN(CC(=O)NC(C)(C)C)C(=O)COC(=O)CCC(=O)N1CCC(c2ccccc2)=N1. The third kappa shape index (κ3) is 8.19. The van der Waals surface area contributed by atoms with Crippen LogP contribution in [0.4, 0.5) is 0 Å². The van der Waals surface area contributed by atoms with E-state index in [4.69, 9.17) is 4.74 Å². The smallest absolute Gasteiger partial charge is 0.306 e. The summed E-state index contributed by atoms with van der Waals surface area (Å²) in [5, 5.41) is 8.45. The molecule has 1 aromatic carbocycles. The molecule has 0 saturated carbocycles. The zero-order chi connectivity index (χ0) is 23.0. The van der Waals surface area contributed by atoms with Gasteiger partial charge in [0.05, 0.1) is 25.2 Å². The first-order chi connectivity index (χ1) is 14.5. The summed E-state index contributed by atoms with van der Waals surface area (Å²) in [6.45, 7) is 5.37. The van der Waals surface area contributed by atoms with Crippen LogP contribution in [0.1, 0.15) is 45.6 Å². The number of carbonyl (C=O) groups is 4. The number of benzene rings is 1. The monoisotopic (exact) mass is 430 g/mol. The fraction of sp³-hybridized carbons (Fsp3) is 0.500. The summed E-state index contributed by atoms with van der Waals surface area (Å²) in [5.41, 5.74) is 1.40. The second kappa shape index (κ2) is 10.7. The highest BCUT2D eigenvalue weighted by Gasteiger charge is 2.23. The first-order valence-electron chi connectivity index (χ1n) is 10.2. The Labute approximate surface area is 182 Å². The number of esters is 1. The molecular weight excluding hydrogens is 400 g/mol. The summed E-state index contributed by atoms with van der Waals surface area (Å²) in [4.78, 5) is 49.3. The molecule has 0 aliphatic carbocycles. The van der Waals surface area contributed by atoms with Crippen molar-refractivity contribution >= 4 is 29.4 Å². The lowest BCUT2D eigenvalue weighted by atomic mass is 10.1. The summed E-state index contributed by atoms with van der Waals surface area (Å²) in [5.74, 6) is -1.73. The van der Waals surface area contributed by atoms with Crippen molar-refractivity contribution in [3.8, 4) is 0 Å². The van der Waals surface area contributed by atoms with Crippen LogP contribution in [0, 0.1) is 0 Å². The number of rotatable bonds is 8. The molecule has 31 heavy (non-hydrogen) atoms. The maximum absolute atomic E-state index is 12.3. The number of nitrogens with zero attached hydrogens (tertiary/aromatic N) is 3. The highest BCUT2D eigenvalue weighted by Crippen LogP contribution is 2.15. The van der Waals surface area contributed by atoms with Crippen LogP contribution in [0.15, 0.2) is 35.4 Å². The lowest BCUT2D eigenvalue weighted by Crippen LogP contribution is -2.46. The van der Waals surface area contributed by atoms with Gasteiger partial charge in [-0.15, -0.1) is 0 Å². The van der Waals surface area contributed by atoms with Gasteiger partial charge in [-0.3, -0.25) is 19.2 Å². The molecule has 3 amide bonds. The number of hydrazone groups is 1. The quantitative estimate of drug-likeness (QED) is 0.626. The molecule has 0 bridgehead atoms. The summed E-state index contributed by atoms with van der Waals surface area (Å²) in [6, 6.07) is 9.61. The predicted octanol–water partition coefficient (Wildman–Crippen LogP) is 1.32. The van der Waals surface area contributed by atoms with E-state index in [1.807, 2.05) is 51.1 Å². The van der Waals surface area contributed by atoms with Crippen molar-refractivity contribution in [2.75, 3.05) is 26.7 Å². The Hall–Kier alpha value is -3.23. The van der Waals surface area contributed by atoms with Crippen molar-refractivity contribution in [1.29, 1.82) is 0 Å². The van der Waals surface area contributed by atoms with Crippen molar-refractivity contribution in [1.82, 2.24) is 15.2 Å². The molecule has 2 rings (SSSR count). The lowest BCUT2D eigenvalue weighted by molar-refractivity contribution is -0.153. The van der Waals surface area contributed by atoms with Gasteiger partial charge in [0.15, 0.2) is 6.61 Å². The molecule has 1 heterocycles. The van der Waals surface area contributed by atoms with E-state index in [-0.39, 0.29) is 31.2 Å². The predicted molar refractivity (Wildman–Crippen MR) is 115 cm³/mol. The van der Waals surface area contributed by atoms with E-state index < -0.39 is 24.0 Å². The zero-order valence-electron chi connectivity index (χ0n) is 18.5. The molecule has 9 heteroatoms. The van der Waals surface area contributed by atoms with Crippen molar-refractivity contribution in [3.05, 3.63) is 35.9 Å². The van der Waals surface area contributed by atoms with Crippen molar-refractivity contribution < 1.29 is 23.9 Å². The molecular formula is C22H30N4O5. The second-order valence-corrected chi connectivity index (χ2v) is 8.39. The van der Waals surface area contributed by atoms with Gasteiger partial charge in [-0.1, -0.05) is 30.3 Å². The molecule has 0 aromatic heterocycles. The fourth-order valence-electron chi connectivity index (χ4n) is 2.89. The molecule has 1 aliphatic heterocycles. The van der Waals surface area contributed by atoms with Crippen LogP contribution in [0.2, 0.25) is 0 Å². The molecule has 0 spiro atoms. The Morgan fingerprint density at radius 2 is 1.81 bits per heavy atom. The van der Waals surface area contributed by atoms with Gasteiger partial charge in [0.1, 0.15) is 0 Å². The summed E-state index contributed by atoms with van der Waals surface area (Å²) in [7, 11) is 1.46. The molecule has 0 atom stereocenters. The topological polar surface area (TPSA) is 108 Å². The van der Waals surface area contributed by atoms with Gasteiger partial charge in [-0.05, 0) is 26.3 Å². The highest BCUT2D eigenvalue weighted by atomic mass is 16.5. The van der Waals surface area contributed by atoms with E-state index in [1.54, 1.807) is 0 Å². The molecule has 168 valence electrons. The fourth-order valence-corrected chi connectivity index (χ4v) is 2.89. The Morgan fingerprint density at radius 1 is 1.13 bits per heavy atom. The van der Waals surface area contributed by atoms with Crippen molar-refractivity contribution in [2.24, 2.45) is 5.10 Å². The van der Waals surface area contributed by atoms with Gasteiger partial charge in [0.2, 0.25) is 11.8 Å². The maximum atomic E-state index is 12.3. The minimum absolute atomic E-state index is 0.0532. The number of nitrogens with one attached hydrogen (secondary N) is 1. The van der Waals surface area contributed by atoms with Crippen LogP contribution in [-0.2, 0) is 23.9 Å². The molecule has 1 N–H and O–H groups in total. The van der Waals surface area contributed by atoms with E-state index in [9.17, 15) is 19.2 Å². The van der Waals surface area contributed by atoms with Crippen LogP contribution in [0.25, 0.3) is 0 Å². The molecule has 0 fully saturated rings. The minimum atomic E-state index is -0.652. The largest absolute Gasteiger partial charge is 0.456 e. The van der Waals surface area contributed by atoms with E-state index in [1.165, 1.54) is 17.0 Å². The summed E-state index contributed by atoms with van der Waals surface area (Å²) in [6.07, 6.45) is 0.458. The van der Waals surface area contributed by atoms with Crippen LogP contribution in [0.5, 0.6) is 0 Å². The first-order valence-corrected chi connectivity index (χ1v) is 10.2. The van der Waals surface area contributed by atoms with Crippen LogP contribution in [-0.4, -0.2) is 71.6 Å². The Morgan fingerprint density at radius 3 is 2.45 bits per heavy atom. The van der Waals surface area contributed by atoms with Gasteiger partial charge in [-0.2, -0.15) is 5.10 Å². The Kier molecular flexibility index (Phi) is 8.30. The number of hydrogen-bond donors (Lipinski definition) is 1. The molecule has 1 aromatic rings. The molecule has 0 radical (unpaired) electrons. The third-order valence-electron chi connectivity index (χ3n) is 4.42. The van der Waals surface area contributed by atoms with Gasteiger partial charge in [0.25, 0.3) is 5.91 Å². The van der Waals surface area contributed by atoms with E-state index in [2.05, 4.69) is 10.4 Å². The standard InChI is InChI=1S/C22H30N4O5/c1-22(2,3)23-18(27)14-25(4)20(29)15-31-21(30)11-10-19(28)26-13-12-17(24-26)16-8-6-5-7-9-16/h5-9H,10-15H2,1-4H3,(H,23,27). The number of likely N-dealkylation sites (N-methyl/N-ethyl adjacent to an activating group) is 1. The Balaban J connectivity index is 1.71. The average Bonchev–Trinajstić information content (AvgIpc) is 3.19. The number of ether oxygens (including phenoxy) is 1. The molecule has 1 aliphatic rings. The maximum Gasteiger partial charge on any atom is 0.306 e. The van der Waals surface area contributed by atoms with Gasteiger partial charge in [-0.25, -0.2) is 5.01 Å². The van der Waals surface area contributed by atoms with E-state index in [0.717, 1.165) is 11.3 Å². The van der Waals surface area contributed by atoms with Crippen LogP contribution in [0.3, 0.4) is 0 Å². The summed E-state index contributed by atoms with van der Waals surface area (Å²) < 4.78 is 4.94. The third-order valence-corrected chi connectivity index (χ3v) is 4.42. The minimum Gasteiger partial charge on any atom is -0.456 e. The number of amides is 3. The molecule has 9 nitrogen and oxygen atoms in total. The first kappa shape index (κ1) is 24.0. The average molecular weight is 431 g/mol. The van der Waals surface area contributed by atoms with Crippen LogP contribution < -0.4 is 5.32 Å². The van der Waals surface area contributed by atoms with Gasteiger partial charge in [0, 0.05) is 25.4 Å². The molecule has 0 unspecified atom stereocenters. The summed E-state index contributed by atoms with van der Waals surface area (Å²) >= 11 is 0. The van der Waals surface area contributed by atoms with Crippen molar-refractivity contribution in [3.63, 3.8) is 0 Å². The van der Waals surface area contributed by atoms with Gasteiger partial charge < -0.3 is 15.0 Å². The lowest BCUT2D eigenvalue weighted by Gasteiger charge is -2.23. The van der Waals surface area contributed by atoms with Crippen LogP contribution >= 0.6 is 0 Å². The van der Waals surface area contributed by atoms with E-state index in [0.29, 0.717) is 13.0 Å². The number of carbonyl (C=O) groups excluding carboxylic acids is 4. The number of hydrogen-bond acceptors (Lipinski definition) is 6. The highest BCUT2D eigenvalue weighted by molar-refractivity contribution is 6.02. The Bertz CT molecular complexity index is 845. The normalized spacial score (nSPS) is 13.4. The zero-order valence-corrected chi connectivity index (χ0v) is 18.5. The van der Waals surface area contributed by atoms with Crippen molar-refractivity contribution in [2.45, 2.75) is 45.6 Å². The van der Waals surface area contributed by atoms with E-state index >= 15 is 0 Å².